The van der Waals surface area contributed by atoms with Crippen LogP contribution in [-0.4, -0.2) is 6.18 Å². The topological polar surface area (TPSA) is 0 Å². The zero-order valence-electron chi connectivity index (χ0n) is 5.96. The first-order chi connectivity index (χ1) is 4.42. The maximum Gasteiger partial charge on any atom is 0.389 e. The predicted molar refractivity (Wildman–Crippen MR) is 34.7 cm³/mol. The summed E-state index contributed by atoms with van der Waals surface area (Å²) in [4.78, 5) is 0. The van der Waals surface area contributed by atoms with Crippen molar-refractivity contribution in [3.05, 3.63) is 12.2 Å². The lowest BCUT2D eigenvalue weighted by atomic mass is 10.1. The Balaban J connectivity index is 3.29. The van der Waals surface area contributed by atoms with E-state index in [0.29, 0.717) is 6.42 Å². The molecule has 0 aromatic rings. The molecule has 0 rings (SSSR count). The van der Waals surface area contributed by atoms with Gasteiger partial charge in [0.2, 0.25) is 0 Å². The SMILES string of the molecule is C=C(C)CCCC(F)(F)F. The fourth-order valence-corrected chi connectivity index (χ4v) is 0.591. The van der Waals surface area contributed by atoms with Crippen LogP contribution in [0.2, 0.25) is 0 Å². The highest BCUT2D eigenvalue weighted by Crippen LogP contribution is 2.22. The van der Waals surface area contributed by atoms with Gasteiger partial charge >= 0.3 is 6.18 Å². The molecule has 0 aromatic carbocycles. The van der Waals surface area contributed by atoms with Gasteiger partial charge in [0.25, 0.3) is 0 Å². The highest BCUT2D eigenvalue weighted by Gasteiger charge is 2.25. The Morgan fingerprint density at radius 1 is 1.40 bits per heavy atom. The number of hydrogen-bond acceptors (Lipinski definition) is 0. The Bertz CT molecular complexity index is 113. The second-order valence-corrected chi connectivity index (χ2v) is 2.43. The molecule has 0 saturated carbocycles. The van der Waals surface area contributed by atoms with Crippen LogP contribution >= 0.6 is 0 Å². The van der Waals surface area contributed by atoms with E-state index in [1.54, 1.807) is 6.92 Å². The van der Waals surface area contributed by atoms with Gasteiger partial charge in [-0.05, 0) is 19.8 Å². The molecule has 0 fully saturated rings. The normalized spacial score (nSPS) is 11.6. The van der Waals surface area contributed by atoms with Gasteiger partial charge in [-0.15, -0.1) is 6.58 Å². The zero-order valence-corrected chi connectivity index (χ0v) is 5.96. The van der Waals surface area contributed by atoms with Crippen molar-refractivity contribution in [1.82, 2.24) is 0 Å². The van der Waals surface area contributed by atoms with Crippen molar-refractivity contribution < 1.29 is 13.2 Å². The predicted octanol–water partition coefficient (Wildman–Crippen LogP) is 3.30. The van der Waals surface area contributed by atoms with Gasteiger partial charge in [-0.3, -0.25) is 0 Å². The van der Waals surface area contributed by atoms with Gasteiger partial charge in [-0.2, -0.15) is 13.2 Å². The second kappa shape index (κ2) is 3.64. The Morgan fingerprint density at radius 2 is 1.90 bits per heavy atom. The van der Waals surface area contributed by atoms with E-state index in [2.05, 4.69) is 6.58 Å². The smallest absolute Gasteiger partial charge is 0.171 e. The highest BCUT2D eigenvalue weighted by molar-refractivity contribution is 4.87. The van der Waals surface area contributed by atoms with E-state index in [1.807, 2.05) is 0 Å². The molecule has 0 radical (unpaired) electrons. The van der Waals surface area contributed by atoms with Gasteiger partial charge in [0.1, 0.15) is 0 Å². The maximum absolute atomic E-state index is 11.5. The molecule has 60 valence electrons. The first-order valence-electron chi connectivity index (χ1n) is 3.13. The molecular formula is C7H11F3. The summed E-state index contributed by atoms with van der Waals surface area (Å²) in [6.07, 6.45) is -4.06. The first-order valence-corrected chi connectivity index (χ1v) is 3.13. The fourth-order valence-electron chi connectivity index (χ4n) is 0.591. The molecule has 0 amide bonds. The van der Waals surface area contributed by atoms with Crippen LogP contribution in [0.1, 0.15) is 26.2 Å². The Morgan fingerprint density at radius 3 is 2.20 bits per heavy atom. The van der Waals surface area contributed by atoms with Crippen LogP contribution < -0.4 is 0 Å². The van der Waals surface area contributed by atoms with Crippen molar-refractivity contribution in [2.24, 2.45) is 0 Å². The summed E-state index contributed by atoms with van der Waals surface area (Å²) < 4.78 is 34.4. The third-order valence-electron chi connectivity index (χ3n) is 1.06. The summed E-state index contributed by atoms with van der Waals surface area (Å²) in [6.45, 7) is 5.24. The third-order valence-corrected chi connectivity index (χ3v) is 1.06. The lowest BCUT2D eigenvalue weighted by molar-refractivity contribution is -0.135. The third kappa shape index (κ3) is 7.53. The molecule has 0 aliphatic heterocycles. The maximum atomic E-state index is 11.5. The largest absolute Gasteiger partial charge is 0.389 e. The fraction of sp³-hybridized carbons (Fsp3) is 0.714. The summed E-state index contributed by atoms with van der Waals surface area (Å²) in [5.41, 5.74) is 0.809. The van der Waals surface area contributed by atoms with Crippen LogP contribution in [0, 0.1) is 0 Å². The average Bonchev–Trinajstić information content (AvgIpc) is 1.59. The molecule has 0 nitrogen and oxygen atoms in total. The molecule has 0 heterocycles. The monoisotopic (exact) mass is 152 g/mol. The van der Waals surface area contributed by atoms with Gasteiger partial charge in [0.05, 0.1) is 0 Å². The molecule has 0 N–H and O–H groups in total. The minimum absolute atomic E-state index is 0.166. The van der Waals surface area contributed by atoms with E-state index in [9.17, 15) is 13.2 Å². The number of halogens is 3. The molecule has 0 bridgehead atoms. The van der Waals surface area contributed by atoms with Crippen molar-refractivity contribution in [2.45, 2.75) is 32.4 Å². The zero-order chi connectivity index (χ0) is 8.20. The van der Waals surface area contributed by atoms with Gasteiger partial charge in [-0.1, -0.05) is 5.57 Å². The van der Waals surface area contributed by atoms with Crippen molar-refractivity contribution in [2.75, 3.05) is 0 Å². The van der Waals surface area contributed by atoms with E-state index in [-0.39, 0.29) is 6.42 Å². The Labute approximate surface area is 58.7 Å². The molecule has 0 unspecified atom stereocenters. The number of hydrogen-bond donors (Lipinski definition) is 0. The first kappa shape index (κ1) is 9.53. The molecule has 3 heteroatoms. The number of alkyl halides is 3. The second-order valence-electron chi connectivity index (χ2n) is 2.43. The lowest BCUT2D eigenvalue weighted by Crippen LogP contribution is -2.06. The lowest BCUT2D eigenvalue weighted by Gasteiger charge is -2.04. The molecule has 0 saturated heterocycles. The van der Waals surface area contributed by atoms with Crippen molar-refractivity contribution in [3.8, 4) is 0 Å². The molecule has 0 atom stereocenters. The van der Waals surface area contributed by atoms with Gasteiger partial charge in [0, 0.05) is 6.42 Å². The number of allylic oxidation sites excluding steroid dienone is 1. The van der Waals surface area contributed by atoms with Crippen molar-refractivity contribution in [3.63, 3.8) is 0 Å². The van der Waals surface area contributed by atoms with E-state index >= 15 is 0 Å². The van der Waals surface area contributed by atoms with E-state index in [4.69, 9.17) is 0 Å². The Kier molecular flexibility index (Phi) is 3.47. The standard InChI is InChI=1S/C7H11F3/c1-6(2)4-3-5-7(8,9)10/h1,3-5H2,2H3. The van der Waals surface area contributed by atoms with Crippen molar-refractivity contribution in [1.29, 1.82) is 0 Å². The van der Waals surface area contributed by atoms with Gasteiger partial charge in [-0.25, -0.2) is 0 Å². The van der Waals surface area contributed by atoms with Crippen LogP contribution in [0.4, 0.5) is 13.2 Å². The summed E-state index contributed by atoms with van der Waals surface area (Å²) in [5, 5.41) is 0. The average molecular weight is 152 g/mol. The molecular weight excluding hydrogens is 141 g/mol. The Hall–Kier alpha value is -0.470. The van der Waals surface area contributed by atoms with Crippen LogP contribution in [0.3, 0.4) is 0 Å². The van der Waals surface area contributed by atoms with Crippen LogP contribution in [0.5, 0.6) is 0 Å². The number of rotatable bonds is 3. The minimum Gasteiger partial charge on any atom is -0.171 e. The molecule has 10 heavy (non-hydrogen) atoms. The summed E-state index contributed by atoms with van der Waals surface area (Å²) in [5.74, 6) is 0. The molecule has 0 aromatic heterocycles. The summed E-state index contributed by atoms with van der Waals surface area (Å²) in [7, 11) is 0. The quantitative estimate of drug-likeness (QED) is 0.544. The van der Waals surface area contributed by atoms with E-state index < -0.39 is 12.6 Å². The van der Waals surface area contributed by atoms with Crippen molar-refractivity contribution >= 4 is 0 Å². The van der Waals surface area contributed by atoms with E-state index in [0.717, 1.165) is 5.57 Å². The molecule has 0 aliphatic rings. The van der Waals surface area contributed by atoms with Crippen LogP contribution in [0.15, 0.2) is 12.2 Å². The summed E-state index contributed by atoms with van der Waals surface area (Å²) in [6, 6.07) is 0. The molecule has 0 spiro atoms. The molecule has 0 aliphatic carbocycles. The van der Waals surface area contributed by atoms with Crippen LogP contribution in [0.25, 0.3) is 0 Å². The minimum atomic E-state index is -4.00. The van der Waals surface area contributed by atoms with Gasteiger partial charge in [0.15, 0.2) is 0 Å². The highest BCUT2D eigenvalue weighted by atomic mass is 19.4. The van der Waals surface area contributed by atoms with E-state index in [1.165, 1.54) is 0 Å². The summed E-state index contributed by atoms with van der Waals surface area (Å²) >= 11 is 0. The van der Waals surface area contributed by atoms with Crippen LogP contribution in [-0.2, 0) is 0 Å². The van der Waals surface area contributed by atoms with Gasteiger partial charge < -0.3 is 0 Å².